The van der Waals surface area contributed by atoms with Crippen LogP contribution in [0, 0.1) is 5.41 Å². The van der Waals surface area contributed by atoms with Gasteiger partial charge in [0, 0.05) is 5.41 Å². The summed E-state index contributed by atoms with van der Waals surface area (Å²) in [5.74, 6) is 0. The molecule has 0 heterocycles. The lowest BCUT2D eigenvalue weighted by atomic mass is 9.72. The zero-order valence-corrected chi connectivity index (χ0v) is 14.5. The van der Waals surface area contributed by atoms with Crippen LogP contribution in [0.2, 0.25) is 0 Å². The van der Waals surface area contributed by atoms with Crippen molar-refractivity contribution in [2.75, 3.05) is 0 Å². The first kappa shape index (κ1) is 16.3. The third kappa shape index (κ3) is 3.59. The maximum atomic E-state index is 2.47. The van der Waals surface area contributed by atoms with Gasteiger partial charge in [0.1, 0.15) is 0 Å². The largest absolute Gasteiger partial charge is 0.0772 e. The second-order valence-electron chi connectivity index (χ2n) is 7.00. The van der Waals surface area contributed by atoms with Crippen LogP contribution in [-0.4, -0.2) is 0 Å². The van der Waals surface area contributed by atoms with Crippen LogP contribution in [0.15, 0.2) is 46.6 Å². The Hall–Kier alpha value is -1.04. The van der Waals surface area contributed by atoms with Gasteiger partial charge in [0.2, 0.25) is 0 Å². The van der Waals surface area contributed by atoms with Gasteiger partial charge in [0.25, 0.3) is 0 Å². The van der Waals surface area contributed by atoms with Crippen LogP contribution in [0.1, 0.15) is 79.1 Å². The van der Waals surface area contributed by atoms with E-state index in [0.29, 0.717) is 0 Å². The number of hydrogen-bond acceptors (Lipinski definition) is 0. The molecule has 0 aromatic carbocycles. The van der Waals surface area contributed by atoms with Gasteiger partial charge in [0.15, 0.2) is 0 Å². The van der Waals surface area contributed by atoms with Crippen molar-refractivity contribution >= 4 is 0 Å². The van der Waals surface area contributed by atoms with Crippen LogP contribution in [0.3, 0.4) is 0 Å². The number of allylic oxidation sites excluding steroid dienone is 8. The third-order valence-electron chi connectivity index (χ3n) is 5.01. The third-order valence-corrected chi connectivity index (χ3v) is 5.01. The molecule has 2 aliphatic carbocycles. The highest BCUT2D eigenvalue weighted by molar-refractivity contribution is 5.52. The van der Waals surface area contributed by atoms with E-state index in [1.54, 1.807) is 22.3 Å². The average molecular weight is 284 g/mol. The lowest BCUT2D eigenvalue weighted by molar-refractivity contribution is 0.540. The molecule has 0 aromatic heterocycles. The Labute approximate surface area is 131 Å². The summed E-state index contributed by atoms with van der Waals surface area (Å²) in [5.41, 5.74) is 6.62. The van der Waals surface area contributed by atoms with E-state index in [4.69, 9.17) is 0 Å². The van der Waals surface area contributed by atoms with Crippen molar-refractivity contribution in [1.82, 2.24) is 0 Å². The maximum absolute atomic E-state index is 2.47. The van der Waals surface area contributed by atoms with Gasteiger partial charge >= 0.3 is 0 Å². The Balaban J connectivity index is 2.14. The minimum absolute atomic E-state index is 0.187. The summed E-state index contributed by atoms with van der Waals surface area (Å²) in [7, 11) is 0. The molecule has 0 bridgehead atoms. The van der Waals surface area contributed by atoms with Crippen LogP contribution < -0.4 is 0 Å². The number of hydrogen-bond donors (Lipinski definition) is 0. The van der Waals surface area contributed by atoms with Gasteiger partial charge in [-0.1, -0.05) is 64.8 Å². The first-order valence-electron chi connectivity index (χ1n) is 8.91. The van der Waals surface area contributed by atoms with Crippen molar-refractivity contribution in [3.8, 4) is 0 Å². The molecule has 0 N–H and O–H groups in total. The van der Waals surface area contributed by atoms with Crippen LogP contribution in [0.4, 0.5) is 0 Å². The van der Waals surface area contributed by atoms with Crippen LogP contribution in [0.25, 0.3) is 0 Å². The number of unbranched alkanes of at least 4 members (excludes halogenated alkanes) is 2. The molecule has 2 aliphatic rings. The van der Waals surface area contributed by atoms with Gasteiger partial charge in [-0.15, -0.1) is 0 Å². The summed E-state index contributed by atoms with van der Waals surface area (Å²) in [4.78, 5) is 0. The molecule has 0 heteroatoms. The molecular weight excluding hydrogens is 252 g/mol. The van der Waals surface area contributed by atoms with Crippen molar-refractivity contribution in [3.05, 3.63) is 46.6 Å². The van der Waals surface area contributed by atoms with Gasteiger partial charge in [-0.2, -0.15) is 0 Å². The van der Waals surface area contributed by atoms with E-state index < -0.39 is 0 Å². The zero-order chi connectivity index (χ0) is 15.3. The van der Waals surface area contributed by atoms with E-state index in [-0.39, 0.29) is 5.41 Å². The molecule has 0 saturated heterocycles. The average Bonchev–Trinajstić information content (AvgIpc) is 3.11. The predicted molar refractivity (Wildman–Crippen MR) is 94.4 cm³/mol. The van der Waals surface area contributed by atoms with Crippen LogP contribution in [-0.2, 0) is 0 Å². The molecule has 0 spiro atoms. The Bertz CT molecular complexity index is 436. The Morgan fingerprint density at radius 3 is 1.57 bits per heavy atom. The smallest absolute Gasteiger partial charge is 0.0145 e. The highest BCUT2D eigenvalue weighted by Gasteiger charge is 2.33. The molecule has 2 rings (SSSR count). The normalized spacial score (nSPS) is 18.5. The standard InChI is InChI=1S/C21H32/c1-5-7-11-17-13-9-15-19(17)21(3,4)20-16-10-14-18(20)12-8-6-2/h13-16H,5-12H2,1-4H3. The zero-order valence-electron chi connectivity index (χ0n) is 14.5. The van der Waals surface area contributed by atoms with Gasteiger partial charge in [0.05, 0.1) is 0 Å². The molecule has 0 saturated carbocycles. The lowest BCUT2D eigenvalue weighted by Crippen LogP contribution is -2.19. The van der Waals surface area contributed by atoms with Crippen molar-refractivity contribution in [3.63, 3.8) is 0 Å². The van der Waals surface area contributed by atoms with E-state index in [1.165, 1.54) is 38.5 Å². The van der Waals surface area contributed by atoms with Crippen molar-refractivity contribution in [1.29, 1.82) is 0 Å². The topological polar surface area (TPSA) is 0 Å². The summed E-state index contributed by atoms with van der Waals surface area (Å²) >= 11 is 0. The second-order valence-corrected chi connectivity index (χ2v) is 7.00. The quantitative estimate of drug-likeness (QED) is 0.454. The Kier molecular flexibility index (Phi) is 5.67. The van der Waals surface area contributed by atoms with E-state index in [1.807, 2.05) is 0 Å². The lowest BCUT2D eigenvalue weighted by Gasteiger charge is -2.32. The van der Waals surface area contributed by atoms with E-state index in [0.717, 1.165) is 12.8 Å². The first-order valence-corrected chi connectivity index (χ1v) is 8.91. The fraction of sp³-hybridized carbons (Fsp3) is 0.619. The van der Waals surface area contributed by atoms with Crippen LogP contribution in [0.5, 0.6) is 0 Å². The minimum atomic E-state index is 0.187. The van der Waals surface area contributed by atoms with Gasteiger partial charge in [-0.3, -0.25) is 0 Å². The highest BCUT2D eigenvalue weighted by Crippen LogP contribution is 2.47. The first-order chi connectivity index (χ1) is 10.1. The SMILES string of the molecule is CCCCC1=CCC=C1C(C)(C)C1=CCC=C1CCCC. The molecule has 116 valence electrons. The highest BCUT2D eigenvalue weighted by atomic mass is 14.4. The molecule has 0 atom stereocenters. The van der Waals surface area contributed by atoms with Crippen LogP contribution >= 0.6 is 0 Å². The van der Waals surface area contributed by atoms with Gasteiger partial charge in [-0.05, 0) is 60.8 Å². The molecule has 0 aromatic rings. The van der Waals surface area contributed by atoms with Crippen molar-refractivity contribution < 1.29 is 0 Å². The summed E-state index contributed by atoms with van der Waals surface area (Å²) in [6.45, 7) is 9.44. The van der Waals surface area contributed by atoms with E-state index in [2.05, 4.69) is 52.0 Å². The van der Waals surface area contributed by atoms with Gasteiger partial charge < -0.3 is 0 Å². The summed E-state index contributed by atoms with van der Waals surface area (Å²) in [6.07, 6.45) is 19.9. The molecule has 0 fully saturated rings. The maximum Gasteiger partial charge on any atom is 0.0145 e. The Morgan fingerprint density at radius 2 is 1.19 bits per heavy atom. The molecule has 0 radical (unpaired) electrons. The van der Waals surface area contributed by atoms with Gasteiger partial charge in [-0.25, -0.2) is 0 Å². The molecule has 0 amide bonds. The fourth-order valence-electron chi connectivity index (χ4n) is 3.79. The van der Waals surface area contributed by atoms with E-state index >= 15 is 0 Å². The molecule has 0 unspecified atom stereocenters. The minimum Gasteiger partial charge on any atom is -0.0772 e. The molecular formula is C21H32. The summed E-state index contributed by atoms with van der Waals surface area (Å²) in [5, 5.41) is 0. The Morgan fingerprint density at radius 1 is 0.762 bits per heavy atom. The fourth-order valence-corrected chi connectivity index (χ4v) is 3.79. The predicted octanol–water partition coefficient (Wildman–Crippen LogP) is 6.91. The second kappa shape index (κ2) is 7.29. The number of rotatable bonds is 8. The monoisotopic (exact) mass is 284 g/mol. The molecule has 0 nitrogen and oxygen atoms in total. The molecule has 0 aliphatic heterocycles. The van der Waals surface area contributed by atoms with Crippen molar-refractivity contribution in [2.24, 2.45) is 5.41 Å². The summed E-state index contributed by atoms with van der Waals surface area (Å²) in [6, 6.07) is 0. The van der Waals surface area contributed by atoms with E-state index in [9.17, 15) is 0 Å². The van der Waals surface area contributed by atoms with Crippen molar-refractivity contribution in [2.45, 2.75) is 79.1 Å². The molecule has 21 heavy (non-hydrogen) atoms. The summed E-state index contributed by atoms with van der Waals surface area (Å²) < 4.78 is 0.